The highest BCUT2D eigenvalue weighted by molar-refractivity contribution is 5.91. The molecule has 162 valence electrons. The Bertz CT molecular complexity index is 1280. The van der Waals surface area contributed by atoms with Crippen LogP contribution >= 0.6 is 0 Å². The lowest BCUT2D eigenvalue weighted by Crippen LogP contribution is -2.05. The van der Waals surface area contributed by atoms with E-state index in [-0.39, 0.29) is 52.2 Å². The molecule has 6 heteroatoms. The number of allylic oxidation sites excluding steroid dienone is 4. The second kappa shape index (κ2) is 8.76. The van der Waals surface area contributed by atoms with Gasteiger partial charge in [-0.05, 0) is 58.7 Å². The molecule has 0 aliphatic heterocycles. The molecule has 0 bridgehead atoms. The van der Waals surface area contributed by atoms with Crippen LogP contribution in [0.2, 0.25) is 0 Å². The molecule has 0 spiro atoms. The predicted octanol–water partition coefficient (Wildman–Crippen LogP) is 6.17. The molecule has 2 aromatic carbocycles. The molecule has 3 rings (SSSR count). The van der Waals surface area contributed by atoms with Gasteiger partial charge in [0.1, 0.15) is 28.2 Å². The summed E-state index contributed by atoms with van der Waals surface area (Å²) in [6.07, 6.45) is 4.20. The van der Waals surface area contributed by atoms with Crippen LogP contribution < -0.4 is 5.43 Å². The van der Waals surface area contributed by atoms with E-state index in [0.717, 1.165) is 29.3 Å². The van der Waals surface area contributed by atoms with Crippen LogP contribution in [0.1, 0.15) is 38.8 Å². The van der Waals surface area contributed by atoms with Crippen molar-refractivity contribution in [2.45, 2.75) is 40.5 Å². The van der Waals surface area contributed by atoms with E-state index in [1.807, 2.05) is 39.8 Å². The molecule has 0 amide bonds. The molecule has 4 nitrogen and oxygen atoms in total. The van der Waals surface area contributed by atoms with Gasteiger partial charge in [-0.25, -0.2) is 8.78 Å². The minimum absolute atomic E-state index is 0.00528. The van der Waals surface area contributed by atoms with Gasteiger partial charge < -0.3 is 14.6 Å². The average Bonchev–Trinajstić information content (AvgIpc) is 2.68. The van der Waals surface area contributed by atoms with Crippen LogP contribution in [-0.4, -0.2) is 10.2 Å². The first-order chi connectivity index (χ1) is 14.6. The molecule has 1 aromatic heterocycles. The zero-order chi connectivity index (χ0) is 22.9. The Morgan fingerprint density at radius 2 is 1.52 bits per heavy atom. The molecule has 2 N–H and O–H groups in total. The SMILES string of the molecule is CC(C)=CCc1c(O)c(CC=C(C)C)c2oc(-c3ccc(F)c(F)c3)cc(=O)c2c1O. The van der Waals surface area contributed by atoms with Crippen LogP contribution in [-0.2, 0) is 12.8 Å². The molecule has 3 aromatic rings. The number of rotatable bonds is 5. The molecule has 0 aliphatic carbocycles. The number of hydrogen-bond donors (Lipinski definition) is 2. The average molecular weight is 426 g/mol. The van der Waals surface area contributed by atoms with Gasteiger partial charge in [0.15, 0.2) is 17.1 Å². The molecule has 0 radical (unpaired) electrons. The molecule has 0 aliphatic rings. The Morgan fingerprint density at radius 3 is 2.10 bits per heavy atom. The van der Waals surface area contributed by atoms with Crippen molar-refractivity contribution in [2.75, 3.05) is 0 Å². The normalized spacial score (nSPS) is 10.9. The van der Waals surface area contributed by atoms with Crippen molar-refractivity contribution in [3.63, 3.8) is 0 Å². The molecule has 31 heavy (non-hydrogen) atoms. The third kappa shape index (κ3) is 4.53. The standard InChI is InChI=1S/C25H24F2O4/c1-13(2)5-8-16-23(29)17(9-6-14(3)4)25-22(24(16)30)20(28)12-21(31-25)15-7-10-18(26)19(27)11-15/h5-7,10-12,29-30H,8-9H2,1-4H3. The summed E-state index contributed by atoms with van der Waals surface area (Å²) in [5.41, 5.74) is 2.19. The zero-order valence-corrected chi connectivity index (χ0v) is 17.8. The fourth-order valence-corrected chi connectivity index (χ4v) is 3.27. The number of fused-ring (bicyclic) bond motifs is 1. The zero-order valence-electron chi connectivity index (χ0n) is 17.8. The highest BCUT2D eigenvalue weighted by Gasteiger charge is 2.23. The predicted molar refractivity (Wildman–Crippen MR) is 117 cm³/mol. The van der Waals surface area contributed by atoms with Gasteiger partial charge in [-0.1, -0.05) is 23.3 Å². The second-order valence-corrected chi connectivity index (χ2v) is 7.93. The summed E-state index contributed by atoms with van der Waals surface area (Å²) in [6, 6.07) is 4.29. The van der Waals surface area contributed by atoms with Crippen LogP contribution in [0.5, 0.6) is 11.5 Å². The lowest BCUT2D eigenvalue weighted by molar-refractivity contribution is 0.438. The van der Waals surface area contributed by atoms with Crippen LogP contribution in [0.25, 0.3) is 22.3 Å². The van der Waals surface area contributed by atoms with Gasteiger partial charge in [0, 0.05) is 22.8 Å². The maximum Gasteiger partial charge on any atom is 0.197 e. The topological polar surface area (TPSA) is 70.7 Å². The van der Waals surface area contributed by atoms with E-state index < -0.39 is 17.1 Å². The van der Waals surface area contributed by atoms with Gasteiger partial charge in [-0.15, -0.1) is 0 Å². The van der Waals surface area contributed by atoms with Crippen molar-refractivity contribution in [3.05, 3.63) is 80.5 Å². The van der Waals surface area contributed by atoms with Gasteiger partial charge in [-0.2, -0.15) is 0 Å². The van der Waals surface area contributed by atoms with Crippen molar-refractivity contribution in [3.8, 4) is 22.8 Å². The van der Waals surface area contributed by atoms with Gasteiger partial charge >= 0.3 is 0 Å². The van der Waals surface area contributed by atoms with E-state index in [9.17, 15) is 23.8 Å². The third-order valence-electron chi connectivity index (χ3n) is 4.95. The van der Waals surface area contributed by atoms with E-state index in [1.54, 1.807) is 0 Å². The number of phenols is 2. The van der Waals surface area contributed by atoms with E-state index in [4.69, 9.17) is 4.42 Å². The van der Waals surface area contributed by atoms with Gasteiger partial charge in [0.05, 0.1) is 0 Å². The second-order valence-electron chi connectivity index (χ2n) is 7.93. The third-order valence-corrected chi connectivity index (χ3v) is 4.95. The van der Waals surface area contributed by atoms with Gasteiger partial charge in [-0.3, -0.25) is 4.79 Å². The van der Waals surface area contributed by atoms with E-state index in [1.165, 1.54) is 6.07 Å². The Kier molecular flexibility index (Phi) is 6.29. The van der Waals surface area contributed by atoms with Crippen LogP contribution in [0.4, 0.5) is 8.78 Å². The molecule has 0 fully saturated rings. The molecule has 0 saturated heterocycles. The number of aromatic hydroxyl groups is 2. The number of phenolic OH excluding ortho intramolecular Hbond substituents is 2. The largest absolute Gasteiger partial charge is 0.507 e. The highest BCUT2D eigenvalue weighted by Crippen LogP contribution is 2.40. The van der Waals surface area contributed by atoms with E-state index in [0.29, 0.717) is 5.56 Å². The first-order valence-electron chi connectivity index (χ1n) is 9.85. The van der Waals surface area contributed by atoms with Crippen molar-refractivity contribution in [1.29, 1.82) is 0 Å². The smallest absolute Gasteiger partial charge is 0.197 e. The molecular weight excluding hydrogens is 402 g/mol. The summed E-state index contributed by atoms with van der Waals surface area (Å²) in [4.78, 5) is 12.9. The molecule has 0 saturated carbocycles. The van der Waals surface area contributed by atoms with Crippen LogP contribution in [0.15, 0.2) is 56.8 Å². The minimum Gasteiger partial charge on any atom is -0.507 e. The van der Waals surface area contributed by atoms with Crippen LogP contribution in [0, 0.1) is 11.6 Å². The summed E-state index contributed by atoms with van der Waals surface area (Å²) < 4.78 is 32.9. The molecule has 0 unspecified atom stereocenters. The summed E-state index contributed by atoms with van der Waals surface area (Å²) >= 11 is 0. The van der Waals surface area contributed by atoms with Gasteiger partial charge in [0.25, 0.3) is 0 Å². The lowest BCUT2D eigenvalue weighted by Gasteiger charge is -2.15. The highest BCUT2D eigenvalue weighted by atomic mass is 19.2. The maximum absolute atomic E-state index is 13.7. The van der Waals surface area contributed by atoms with Crippen molar-refractivity contribution in [1.82, 2.24) is 0 Å². The number of benzene rings is 2. The first-order valence-corrected chi connectivity index (χ1v) is 9.85. The van der Waals surface area contributed by atoms with E-state index in [2.05, 4.69) is 0 Å². The van der Waals surface area contributed by atoms with Crippen molar-refractivity contribution >= 4 is 11.0 Å². The van der Waals surface area contributed by atoms with Gasteiger partial charge in [0.2, 0.25) is 0 Å². The van der Waals surface area contributed by atoms with Crippen molar-refractivity contribution in [2.24, 2.45) is 0 Å². The Hall–Kier alpha value is -3.41. The van der Waals surface area contributed by atoms with E-state index >= 15 is 0 Å². The lowest BCUT2D eigenvalue weighted by atomic mass is 9.96. The first kappa shape index (κ1) is 22.3. The summed E-state index contributed by atoms with van der Waals surface area (Å²) in [5.74, 6) is -2.60. The Morgan fingerprint density at radius 1 is 0.903 bits per heavy atom. The number of halogens is 2. The molecular formula is C25H24F2O4. The van der Waals surface area contributed by atoms with Crippen molar-refractivity contribution < 1.29 is 23.4 Å². The molecule has 1 heterocycles. The Balaban J connectivity index is 2.36. The minimum atomic E-state index is -1.08. The fourth-order valence-electron chi connectivity index (χ4n) is 3.27. The maximum atomic E-state index is 13.7. The summed E-state index contributed by atoms with van der Waals surface area (Å²) in [6.45, 7) is 7.57. The number of hydrogen-bond acceptors (Lipinski definition) is 4. The van der Waals surface area contributed by atoms with Crippen LogP contribution in [0.3, 0.4) is 0 Å². The monoisotopic (exact) mass is 426 g/mol. The quantitative estimate of drug-likeness (QED) is 0.479. The summed E-state index contributed by atoms with van der Waals surface area (Å²) in [7, 11) is 0. The Labute approximate surface area is 178 Å². The summed E-state index contributed by atoms with van der Waals surface area (Å²) in [5, 5.41) is 21.7. The molecule has 0 atom stereocenters. The fraction of sp³-hybridized carbons (Fsp3) is 0.240.